The van der Waals surface area contributed by atoms with Gasteiger partial charge in [-0.25, -0.2) is 13.6 Å². The number of carboxylic acid groups (broad SMARTS) is 1. The molecule has 0 spiro atoms. The van der Waals surface area contributed by atoms with E-state index in [1.807, 2.05) is 7.05 Å². The lowest BCUT2D eigenvalue weighted by Gasteiger charge is -2.25. The maximum absolute atomic E-state index is 14.2. The van der Waals surface area contributed by atoms with Crippen LogP contribution in [0.25, 0.3) is 11.1 Å². The molecule has 1 amide bonds. The monoisotopic (exact) mass is 346 g/mol. The molecule has 0 aliphatic carbocycles. The summed E-state index contributed by atoms with van der Waals surface area (Å²) in [7, 11) is 2.01. The first-order valence-electron chi connectivity index (χ1n) is 8.19. The van der Waals surface area contributed by atoms with Gasteiger partial charge in [-0.15, -0.1) is 0 Å². The third kappa shape index (κ3) is 3.79. The zero-order valence-corrected chi connectivity index (χ0v) is 14.0. The van der Waals surface area contributed by atoms with E-state index in [2.05, 4.69) is 4.90 Å². The van der Waals surface area contributed by atoms with Crippen LogP contribution in [0.15, 0.2) is 42.5 Å². The fourth-order valence-corrected chi connectivity index (χ4v) is 3.36. The Bertz CT molecular complexity index is 782. The van der Waals surface area contributed by atoms with Gasteiger partial charge in [0.05, 0.1) is 5.69 Å². The van der Waals surface area contributed by atoms with Crippen LogP contribution < -0.4 is 4.90 Å². The van der Waals surface area contributed by atoms with Gasteiger partial charge >= 0.3 is 6.09 Å². The van der Waals surface area contributed by atoms with E-state index in [-0.39, 0.29) is 11.5 Å². The molecule has 1 saturated heterocycles. The number of amides is 1. The first-order chi connectivity index (χ1) is 12.0. The van der Waals surface area contributed by atoms with Gasteiger partial charge in [0.25, 0.3) is 0 Å². The first kappa shape index (κ1) is 17.4. The SMILES string of the molecule is CN1CC[C@@H](CN(C(=O)O)c2ccccc2-c2ccc(F)cc2F)C1. The second-order valence-electron chi connectivity index (χ2n) is 6.45. The number of nitrogens with zero attached hydrogens (tertiary/aromatic N) is 2. The molecule has 0 bridgehead atoms. The zero-order valence-electron chi connectivity index (χ0n) is 14.0. The van der Waals surface area contributed by atoms with Crippen molar-refractivity contribution in [2.75, 3.05) is 31.6 Å². The highest BCUT2D eigenvalue weighted by molar-refractivity contribution is 5.93. The molecule has 0 saturated carbocycles. The van der Waals surface area contributed by atoms with E-state index in [9.17, 15) is 18.7 Å². The Morgan fingerprint density at radius 3 is 2.64 bits per heavy atom. The highest BCUT2D eigenvalue weighted by atomic mass is 19.1. The number of anilines is 1. The van der Waals surface area contributed by atoms with E-state index in [0.717, 1.165) is 25.6 Å². The molecule has 1 aliphatic rings. The number of para-hydroxylation sites is 1. The molecule has 2 aromatic carbocycles. The molecular formula is C19H20F2N2O2. The van der Waals surface area contributed by atoms with Crippen LogP contribution in [0.1, 0.15) is 6.42 Å². The third-order valence-electron chi connectivity index (χ3n) is 4.58. The molecule has 1 fully saturated rings. The predicted octanol–water partition coefficient (Wildman–Crippen LogP) is 4.07. The summed E-state index contributed by atoms with van der Waals surface area (Å²) in [5.74, 6) is -1.14. The standard InChI is InChI=1S/C19H20F2N2O2/c1-22-9-8-13(11-22)12-23(19(24)25)18-5-3-2-4-16(18)15-7-6-14(20)10-17(15)21/h2-7,10,13H,8-9,11-12H2,1H3,(H,24,25)/t13-/m1/s1. The molecule has 2 aromatic rings. The molecule has 0 unspecified atom stereocenters. The van der Waals surface area contributed by atoms with Crippen molar-refractivity contribution in [1.29, 1.82) is 0 Å². The van der Waals surface area contributed by atoms with Gasteiger partial charge in [0.2, 0.25) is 0 Å². The minimum atomic E-state index is -1.08. The largest absolute Gasteiger partial charge is 0.465 e. The first-order valence-corrected chi connectivity index (χ1v) is 8.19. The minimum absolute atomic E-state index is 0.187. The van der Waals surface area contributed by atoms with Crippen molar-refractivity contribution in [1.82, 2.24) is 4.90 Å². The Morgan fingerprint density at radius 2 is 2.00 bits per heavy atom. The molecule has 6 heteroatoms. The molecule has 0 radical (unpaired) electrons. The minimum Gasteiger partial charge on any atom is -0.465 e. The highest BCUT2D eigenvalue weighted by Gasteiger charge is 2.27. The number of hydrogen-bond acceptors (Lipinski definition) is 2. The number of likely N-dealkylation sites (tertiary alicyclic amines) is 1. The van der Waals surface area contributed by atoms with Crippen LogP contribution in [0, 0.1) is 17.6 Å². The maximum atomic E-state index is 14.2. The summed E-state index contributed by atoms with van der Waals surface area (Å²) in [4.78, 5) is 15.3. The Labute approximate surface area is 145 Å². The molecule has 1 atom stereocenters. The van der Waals surface area contributed by atoms with Gasteiger partial charge in [-0.1, -0.05) is 18.2 Å². The predicted molar refractivity (Wildman–Crippen MR) is 92.8 cm³/mol. The summed E-state index contributed by atoms with van der Waals surface area (Å²) < 4.78 is 27.4. The van der Waals surface area contributed by atoms with Gasteiger partial charge in [0, 0.05) is 30.3 Å². The molecular weight excluding hydrogens is 326 g/mol. The van der Waals surface area contributed by atoms with Crippen molar-refractivity contribution in [2.45, 2.75) is 6.42 Å². The van der Waals surface area contributed by atoms with E-state index in [4.69, 9.17) is 0 Å². The van der Waals surface area contributed by atoms with Gasteiger partial charge in [0.15, 0.2) is 0 Å². The summed E-state index contributed by atoms with van der Waals surface area (Å²) in [5.41, 5.74) is 1.04. The van der Waals surface area contributed by atoms with Crippen LogP contribution in [-0.2, 0) is 0 Å². The lowest BCUT2D eigenvalue weighted by atomic mass is 10.0. The Hall–Kier alpha value is -2.47. The molecule has 25 heavy (non-hydrogen) atoms. The summed E-state index contributed by atoms with van der Waals surface area (Å²) in [5, 5.41) is 9.70. The highest BCUT2D eigenvalue weighted by Crippen LogP contribution is 2.34. The van der Waals surface area contributed by atoms with Crippen LogP contribution in [0.3, 0.4) is 0 Å². The molecule has 1 aliphatic heterocycles. The van der Waals surface area contributed by atoms with E-state index in [1.54, 1.807) is 24.3 Å². The normalized spacial score (nSPS) is 17.6. The average molecular weight is 346 g/mol. The second-order valence-corrected chi connectivity index (χ2v) is 6.45. The van der Waals surface area contributed by atoms with E-state index < -0.39 is 17.7 Å². The van der Waals surface area contributed by atoms with E-state index >= 15 is 0 Å². The molecule has 3 rings (SSSR count). The summed E-state index contributed by atoms with van der Waals surface area (Å²) in [6.45, 7) is 2.11. The van der Waals surface area contributed by atoms with Gasteiger partial charge in [0.1, 0.15) is 11.6 Å². The second kappa shape index (κ2) is 7.19. The molecule has 4 nitrogen and oxygen atoms in total. The lowest BCUT2D eigenvalue weighted by molar-refractivity contribution is 0.200. The van der Waals surface area contributed by atoms with Crippen molar-refractivity contribution in [3.8, 4) is 11.1 Å². The van der Waals surface area contributed by atoms with Crippen LogP contribution >= 0.6 is 0 Å². The number of rotatable bonds is 4. The third-order valence-corrected chi connectivity index (χ3v) is 4.58. The number of hydrogen-bond donors (Lipinski definition) is 1. The van der Waals surface area contributed by atoms with Gasteiger partial charge in [-0.3, -0.25) is 4.90 Å². The quantitative estimate of drug-likeness (QED) is 0.908. The summed E-state index contributed by atoms with van der Waals surface area (Å²) in [6.07, 6.45) is -0.155. The van der Waals surface area contributed by atoms with Crippen LogP contribution in [0.4, 0.5) is 19.3 Å². The summed E-state index contributed by atoms with van der Waals surface area (Å²) in [6, 6.07) is 10.1. The van der Waals surface area contributed by atoms with Crippen LogP contribution in [0.2, 0.25) is 0 Å². The molecule has 1 N–H and O–H groups in total. The van der Waals surface area contributed by atoms with Gasteiger partial charge < -0.3 is 10.0 Å². The fourth-order valence-electron chi connectivity index (χ4n) is 3.36. The molecule has 132 valence electrons. The Kier molecular flexibility index (Phi) is 4.99. The Morgan fingerprint density at radius 1 is 1.24 bits per heavy atom. The van der Waals surface area contributed by atoms with Crippen molar-refractivity contribution in [2.24, 2.45) is 5.92 Å². The van der Waals surface area contributed by atoms with Crippen molar-refractivity contribution >= 4 is 11.8 Å². The summed E-state index contributed by atoms with van der Waals surface area (Å²) >= 11 is 0. The van der Waals surface area contributed by atoms with Crippen molar-refractivity contribution in [3.63, 3.8) is 0 Å². The average Bonchev–Trinajstić information content (AvgIpc) is 2.98. The molecule has 1 heterocycles. The lowest BCUT2D eigenvalue weighted by Crippen LogP contribution is -2.35. The van der Waals surface area contributed by atoms with Crippen molar-refractivity contribution < 1.29 is 18.7 Å². The maximum Gasteiger partial charge on any atom is 0.411 e. The van der Waals surface area contributed by atoms with Crippen LogP contribution in [-0.4, -0.2) is 42.8 Å². The fraction of sp³-hybridized carbons (Fsp3) is 0.316. The van der Waals surface area contributed by atoms with E-state index in [1.165, 1.54) is 17.0 Å². The topological polar surface area (TPSA) is 43.8 Å². The van der Waals surface area contributed by atoms with Crippen molar-refractivity contribution in [3.05, 3.63) is 54.1 Å². The van der Waals surface area contributed by atoms with Gasteiger partial charge in [-0.2, -0.15) is 0 Å². The zero-order chi connectivity index (χ0) is 18.0. The van der Waals surface area contributed by atoms with E-state index in [0.29, 0.717) is 17.8 Å². The van der Waals surface area contributed by atoms with Crippen LogP contribution in [0.5, 0.6) is 0 Å². The Balaban J connectivity index is 1.98. The smallest absolute Gasteiger partial charge is 0.411 e. The number of benzene rings is 2. The number of carbonyl (C=O) groups is 1. The molecule has 0 aromatic heterocycles. The number of halogens is 2. The van der Waals surface area contributed by atoms with Gasteiger partial charge in [-0.05, 0) is 44.1 Å².